The van der Waals surface area contributed by atoms with Gasteiger partial charge >= 0.3 is 0 Å². The molecule has 1 aromatic carbocycles. The van der Waals surface area contributed by atoms with Crippen molar-refractivity contribution in [2.75, 3.05) is 32.5 Å². The van der Waals surface area contributed by atoms with E-state index in [0.29, 0.717) is 5.69 Å². The molecule has 1 aliphatic rings. The first-order chi connectivity index (χ1) is 9.52. The number of anilines is 1. The standard InChI is InChI=1S/C15H22FN3O/c1-19(2)15(7-4-8-15)11-17-10-14(20)18-13-6-3-5-12(16)9-13/h3,5-6,9,17H,4,7-8,10-11H2,1-2H3,(H,18,20). The average Bonchev–Trinajstić information content (AvgIpc) is 2.32. The summed E-state index contributed by atoms with van der Waals surface area (Å²) in [6.45, 7) is 1.04. The lowest BCUT2D eigenvalue weighted by Crippen LogP contribution is -2.57. The number of hydrogen-bond acceptors (Lipinski definition) is 3. The van der Waals surface area contributed by atoms with Gasteiger partial charge in [-0.1, -0.05) is 6.07 Å². The van der Waals surface area contributed by atoms with Crippen LogP contribution >= 0.6 is 0 Å². The molecule has 0 bridgehead atoms. The molecule has 1 saturated carbocycles. The molecule has 2 N–H and O–H groups in total. The van der Waals surface area contributed by atoms with Crippen LogP contribution in [-0.2, 0) is 4.79 Å². The van der Waals surface area contributed by atoms with Crippen LogP contribution in [0.2, 0.25) is 0 Å². The Kier molecular flexibility index (Phi) is 4.73. The van der Waals surface area contributed by atoms with E-state index in [1.165, 1.54) is 31.4 Å². The van der Waals surface area contributed by atoms with Crippen molar-refractivity contribution in [2.24, 2.45) is 0 Å². The van der Waals surface area contributed by atoms with Crippen molar-refractivity contribution in [3.05, 3.63) is 30.1 Å². The SMILES string of the molecule is CN(C)C1(CNCC(=O)Nc2cccc(F)c2)CCC1. The van der Waals surface area contributed by atoms with E-state index in [-0.39, 0.29) is 23.8 Å². The van der Waals surface area contributed by atoms with E-state index in [0.717, 1.165) is 6.54 Å². The molecule has 4 nitrogen and oxygen atoms in total. The fraction of sp³-hybridized carbons (Fsp3) is 0.533. The first kappa shape index (κ1) is 14.9. The minimum absolute atomic E-state index is 0.149. The number of nitrogens with zero attached hydrogens (tertiary/aromatic N) is 1. The Labute approximate surface area is 119 Å². The molecular formula is C15H22FN3O. The van der Waals surface area contributed by atoms with Crippen molar-refractivity contribution in [3.63, 3.8) is 0 Å². The van der Waals surface area contributed by atoms with E-state index in [9.17, 15) is 9.18 Å². The number of nitrogens with one attached hydrogen (secondary N) is 2. The maximum Gasteiger partial charge on any atom is 0.238 e. The molecule has 0 atom stereocenters. The van der Waals surface area contributed by atoms with Gasteiger partial charge in [0.05, 0.1) is 6.54 Å². The van der Waals surface area contributed by atoms with Crippen molar-refractivity contribution < 1.29 is 9.18 Å². The monoisotopic (exact) mass is 279 g/mol. The number of carbonyl (C=O) groups is 1. The zero-order valence-corrected chi connectivity index (χ0v) is 12.1. The molecule has 110 valence electrons. The Bertz CT molecular complexity index is 472. The summed E-state index contributed by atoms with van der Waals surface area (Å²) in [4.78, 5) is 14.0. The first-order valence-corrected chi connectivity index (χ1v) is 6.95. The normalized spacial score (nSPS) is 16.8. The van der Waals surface area contributed by atoms with Crippen LogP contribution in [0.3, 0.4) is 0 Å². The lowest BCUT2D eigenvalue weighted by Gasteiger charge is -2.47. The van der Waals surface area contributed by atoms with Crippen LogP contribution in [0.4, 0.5) is 10.1 Å². The molecule has 0 radical (unpaired) electrons. The predicted molar refractivity (Wildman–Crippen MR) is 78.2 cm³/mol. The van der Waals surface area contributed by atoms with E-state index in [2.05, 4.69) is 29.6 Å². The molecule has 0 aromatic heterocycles. The van der Waals surface area contributed by atoms with Gasteiger partial charge in [0.1, 0.15) is 5.82 Å². The van der Waals surface area contributed by atoms with Crippen LogP contribution in [-0.4, -0.2) is 43.5 Å². The van der Waals surface area contributed by atoms with E-state index < -0.39 is 0 Å². The number of hydrogen-bond donors (Lipinski definition) is 2. The van der Waals surface area contributed by atoms with Crippen molar-refractivity contribution in [1.82, 2.24) is 10.2 Å². The highest BCUT2D eigenvalue weighted by Crippen LogP contribution is 2.35. The lowest BCUT2D eigenvalue weighted by molar-refractivity contribution is -0.115. The molecule has 1 aliphatic carbocycles. The van der Waals surface area contributed by atoms with Crippen LogP contribution in [0.5, 0.6) is 0 Å². The molecule has 0 aliphatic heterocycles. The highest BCUT2D eigenvalue weighted by Gasteiger charge is 2.38. The fourth-order valence-electron chi connectivity index (χ4n) is 2.55. The lowest BCUT2D eigenvalue weighted by atomic mass is 9.75. The molecule has 0 heterocycles. The van der Waals surface area contributed by atoms with Crippen molar-refractivity contribution in [2.45, 2.75) is 24.8 Å². The summed E-state index contributed by atoms with van der Waals surface area (Å²) in [5.41, 5.74) is 0.682. The molecule has 0 unspecified atom stereocenters. The van der Waals surface area contributed by atoms with Crippen LogP contribution in [0.25, 0.3) is 0 Å². The third-order valence-corrected chi connectivity index (χ3v) is 4.08. The number of rotatable bonds is 6. The second-order valence-corrected chi connectivity index (χ2v) is 5.63. The van der Waals surface area contributed by atoms with E-state index in [4.69, 9.17) is 0 Å². The summed E-state index contributed by atoms with van der Waals surface area (Å²) in [5.74, 6) is -0.499. The Morgan fingerprint density at radius 2 is 2.15 bits per heavy atom. The summed E-state index contributed by atoms with van der Waals surface area (Å²) in [7, 11) is 4.15. The number of carbonyl (C=O) groups excluding carboxylic acids is 1. The highest BCUT2D eigenvalue weighted by atomic mass is 19.1. The van der Waals surface area contributed by atoms with Gasteiger partial charge in [0.2, 0.25) is 5.91 Å². The number of amides is 1. The second kappa shape index (κ2) is 6.33. The molecule has 0 saturated heterocycles. The van der Waals surface area contributed by atoms with Gasteiger partial charge in [0, 0.05) is 17.8 Å². The zero-order valence-electron chi connectivity index (χ0n) is 12.1. The van der Waals surface area contributed by atoms with E-state index in [1.807, 2.05) is 0 Å². The van der Waals surface area contributed by atoms with Gasteiger partial charge in [-0.05, 0) is 51.6 Å². The minimum atomic E-state index is -0.350. The molecule has 20 heavy (non-hydrogen) atoms. The van der Waals surface area contributed by atoms with Gasteiger partial charge in [0.25, 0.3) is 0 Å². The van der Waals surface area contributed by atoms with Gasteiger partial charge in [-0.3, -0.25) is 4.79 Å². The fourth-order valence-corrected chi connectivity index (χ4v) is 2.55. The average molecular weight is 279 g/mol. The van der Waals surface area contributed by atoms with E-state index in [1.54, 1.807) is 12.1 Å². The molecule has 5 heteroatoms. The summed E-state index contributed by atoms with van der Waals surface area (Å²) >= 11 is 0. The largest absolute Gasteiger partial charge is 0.325 e. The number of benzene rings is 1. The Hall–Kier alpha value is -1.46. The molecule has 1 amide bonds. The summed E-state index contributed by atoms with van der Waals surface area (Å²) < 4.78 is 13.0. The predicted octanol–water partition coefficient (Wildman–Crippen LogP) is 1.84. The summed E-state index contributed by atoms with van der Waals surface area (Å²) in [5, 5.41) is 5.88. The quantitative estimate of drug-likeness (QED) is 0.835. The molecule has 1 fully saturated rings. The minimum Gasteiger partial charge on any atom is -0.325 e. The van der Waals surface area contributed by atoms with E-state index >= 15 is 0 Å². The van der Waals surface area contributed by atoms with Gasteiger partial charge < -0.3 is 15.5 Å². The maximum absolute atomic E-state index is 13.0. The smallest absolute Gasteiger partial charge is 0.238 e. The maximum atomic E-state index is 13.0. The Morgan fingerprint density at radius 3 is 2.70 bits per heavy atom. The van der Waals surface area contributed by atoms with Crippen LogP contribution in [0.1, 0.15) is 19.3 Å². The second-order valence-electron chi connectivity index (χ2n) is 5.63. The van der Waals surface area contributed by atoms with Crippen LogP contribution in [0, 0.1) is 5.82 Å². The number of likely N-dealkylation sites (N-methyl/N-ethyl adjacent to an activating group) is 1. The van der Waals surface area contributed by atoms with Crippen LogP contribution < -0.4 is 10.6 Å². The third kappa shape index (κ3) is 3.55. The highest BCUT2D eigenvalue weighted by molar-refractivity contribution is 5.92. The summed E-state index contributed by atoms with van der Waals surface area (Å²) in [6.07, 6.45) is 3.58. The van der Waals surface area contributed by atoms with Crippen molar-refractivity contribution in [1.29, 1.82) is 0 Å². The Balaban J connectivity index is 1.75. The number of halogens is 1. The first-order valence-electron chi connectivity index (χ1n) is 6.95. The summed E-state index contributed by atoms with van der Waals surface area (Å²) in [6, 6.07) is 5.92. The van der Waals surface area contributed by atoms with Gasteiger partial charge in [0.15, 0.2) is 0 Å². The molecule has 0 spiro atoms. The topological polar surface area (TPSA) is 44.4 Å². The van der Waals surface area contributed by atoms with Gasteiger partial charge in [-0.25, -0.2) is 4.39 Å². The van der Waals surface area contributed by atoms with Crippen molar-refractivity contribution >= 4 is 11.6 Å². The van der Waals surface area contributed by atoms with Gasteiger partial charge in [-0.15, -0.1) is 0 Å². The van der Waals surface area contributed by atoms with Crippen molar-refractivity contribution in [3.8, 4) is 0 Å². The van der Waals surface area contributed by atoms with Gasteiger partial charge in [-0.2, -0.15) is 0 Å². The Morgan fingerprint density at radius 1 is 1.40 bits per heavy atom. The molecule has 1 aromatic rings. The molecular weight excluding hydrogens is 257 g/mol. The third-order valence-electron chi connectivity index (χ3n) is 4.08. The zero-order chi connectivity index (χ0) is 14.6. The van der Waals surface area contributed by atoms with Crippen LogP contribution in [0.15, 0.2) is 24.3 Å². The molecule has 2 rings (SSSR count).